The Hall–Kier alpha value is -1.24. The van der Waals surface area contributed by atoms with Crippen molar-refractivity contribution in [1.82, 2.24) is 4.90 Å². The molecule has 1 fully saturated rings. The van der Waals surface area contributed by atoms with Crippen molar-refractivity contribution in [1.29, 1.82) is 0 Å². The van der Waals surface area contributed by atoms with E-state index in [9.17, 15) is 22.4 Å². The Balaban J connectivity index is 2.22. The van der Waals surface area contributed by atoms with E-state index in [-0.39, 0.29) is 29.7 Å². The number of alkyl halides is 3. The number of hydrogen-bond donors (Lipinski definition) is 1. The summed E-state index contributed by atoms with van der Waals surface area (Å²) in [5.41, 5.74) is -1.05. The average Bonchev–Trinajstić information content (AvgIpc) is 2.59. The van der Waals surface area contributed by atoms with Gasteiger partial charge in [0.05, 0.1) is 5.56 Å². The van der Waals surface area contributed by atoms with E-state index in [2.05, 4.69) is 12.6 Å². The number of rotatable bonds is 2. The van der Waals surface area contributed by atoms with E-state index in [1.807, 2.05) is 0 Å². The molecule has 0 saturated carbocycles. The molecule has 1 aromatic rings. The summed E-state index contributed by atoms with van der Waals surface area (Å²) in [5.74, 6) is -0.972. The van der Waals surface area contributed by atoms with Gasteiger partial charge in [0.25, 0.3) is 0 Å². The Kier molecular flexibility index (Phi) is 3.75. The van der Waals surface area contributed by atoms with E-state index in [1.165, 1.54) is 4.90 Å². The number of hydrogen-bond acceptors (Lipinski definition) is 2. The predicted octanol–water partition coefficient (Wildman–Crippen LogP) is 2.88. The fraction of sp³-hybridized carbons (Fsp3) is 0.417. The third kappa shape index (κ3) is 3.20. The number of amides is 1. The van der Waals surface area contributed by atoms with Crippen LogP contribution in [0.5, 0.6) is 0 Å². The molecule has 1 saturated heterocycles. The van der Waals surface area contributed by atoms with Crippen molar-refractivity contribution >= 4 is 18.5 Å². The van der Waals surface area contributed by atoms with Gasteiger partial charge in [-0.3, -0.25) is 4.79 Å². The minimum absolute atomic E-state index is 0.134. The van der Waals surface area contributed by atoms with Crippen LogP contribution in [0.3, 0.4) is 0 Å². The molecular formula is C12H11F4NOS. The third-order valence-corrected chi connectivity index (χ3v) is 3.27. The quantitative estimate of drug-likeness (QED) is 0.657. The van der Waals surface area contributed by atoms with Crippen molar-refractivity contribution in [3.63, 3.8) is 0 Å². The maximum atomic E-state index is 13.5. The van der Waals surface area contributed by atoms with Gasteiger partial charge >= 0.3 is 6.18 Å². The second kappa shape index (κ2) is 5.03. The van der Waals surface area contributed by atoms with Crippen molar-refractivity contribution in [3.05, 3.63) is 35.1 Å². The highest BCUT2D eigenvalue weighted by atomic mass is 32.1. The first-order valence-corrected chi connectivity index (χ1v) is 6.10. The summed E-state index contributed by atoms with van der Waals surface area (Å²) in [5, 5.41) is -0.152. The van der Waals surface area contributed by atoms with Gasteiger partial charge in [-0.1, -0.05) is 0 Å². The summed E-state index contributed by atoms with van der Waals surface area (Å²) in [6.45, 7) is 0.156. The topological polar surface area (TPSA) is 20.3 Å². The van der Waals surface area contributed by atoms with Gasteiger partial charge in [0.15, 0.2) is 0 Å². The van der Waals surface area contributed by atoms with Crippen LogP contribution >= 0.6 is 12.6 Å². The van der Waals surface area contributed by atoms with Gasteiger partial charge in [-0.25, -0.2) is 4.39 Å². The number of halogens is 4. The van der Waals surface area contributed by atoms with Crippen LogP contribution in [0.4, 0.5) is 17.6 Å². The highest BCUT2D eigenvalue weighted by Crippen LogP contribution is 2.31. The summed E-state index contributed by atoms with van der Waals surface area (Å²) in [6.07, 6.45) is -4.30. The maximum Gasteiger partial charge on any atom is 0.416 e. The van der Waals surface area contributed by atoms with Gasteiger partial charge in [0, 0.05) is 30.3 Å². The largest absolute Gasteiger partial charge is 0.416 e. The Morgan fingerprint density at radius 1 is 1.37 bits per heavy atom. The highest BCUT2D eigenvalue weighted by molar-refractivity contribution is 7.81. The lowest BCUT2D eigenvalue weighted by Gasteiger charge is -2.17. The van der Waals surface area contributed by atoms with E-state index in [0.29, 0.717) is 12.6 Å². The molecule has 0 bridgehead atoms. The van der Waals surface area contributed by atoms with Crippen LogP contribution in [0.1, 0.15) is 17.5 Å². The molecule has 19 heavy (non-hydrogen) atoms. The van der Waals surface area contributed by atoms with Gasteiger partial charge in [-0.05, 0) is 18.2 Å². The molecule has 1 aromatic carbocycles. The molecule has 1 atom stereocenters. The SMILES string of the molecule is O=C1CC(S)CN1Cc1cc(C(F)(F)F)ccc1F. The molecule has 1 amide bonds. The molecule has 1 aliphatic rings. The summed E-state index contributed by atoms with van der Waals surface area (Å²) < 4.78 is 51.1. The second-order valence-corrected chi connectivity index (χ2v) is 5.17. The molecule has 0 aromatic heterocycles. The van der Waals surface area contributed by atoms with Crippen LogP contribution in [-0.4, -0.2) is 22.6 Å². The van der Waals surface area contributed by atoms with Crippen LogP contribution in [-0.2, 0) is 17.5 Å². The van der Waals surface area contributed by atoms with Gasteiger partial charge in [0.2, 0.25) is 5.91 Å². The number of nitrogens with zero attached hydrogens (tertiary/aromatic N) is 1. The molecule has 1 aliphatic heterocycles. The average molecular weight is 293 g/mol. The first-order valence-electron chi connectivity index (χ1n) is 5.59. The standard InChI is InChI=1S/C12H11F4NOS/c13-10-2-1-8(12(14,15)16)3-7(10)5-17-6-9(19)4-11(17)18/h1-3,9,19H,4-6H2. The molecule has 2 rings (SSSR count). The number of likely N-dealkylation sites (tertiary alicyclic amines) is 1. The Morgan fingerprint density at radius 3 is 2.58 bits per heavy atom. The summed E-state index contributed by atoms with van der Waals surface area (Å²) in [4.78, 5) is 12.8. The zero-order chi connectivity index (χ0) is 14.2. The number of benzene rings is 1. The zero-order valence-electron chi connectivity index (χ0n) is 9.75. The summed E-state index contributed by atoms with van der Waals surface area (Å²) in [6, 6.07) is 2.21. The first-order chi connectivity index (χ1) is 8.77. The molecule has 1 unspecified atom stereocenters. The molecular weight excluding hydrogens is 282 g/mol. The number of carbonyl (C=O) groups excluding carboxylic acids is 1. The Morgan fingerprint density at radius 2 is 2.05 bits per heavy atom. The van der Waals surface area contributed by atoms with Gasteiger partial charge in [-0.15, -0.1) is 0 Å². The molecule has 0 aliphatic carbocycles. The zero-order valence-corrected chi connectivity index (χ0v) is 10.6. The fourth-order valence-electron chi connectivity index (χ4n) is 1.98. The van der Waals surface area contributed by atoms with Crippen molar-refractivity contribution in [3.8, 4) is 0 Å². The number of carbonyl (C=O) groups is 1. The highest BCUT2D eigenvalue weighted by Gasteiger charge is 2.32. The smallest absolute Gasteiger partial charge is 0.337 e. The lowest BCUT2D eigenvalue weighted by molar-refractivity contribution is -0.137. The van der Waals surface area contributed by atoms with Crippen LogP contribution in [0.2, 0.25) is 0 Å². The molecule has 104 valence electrons. The molecule has 0 N–H and O–H groups in total. The van der Waals surface area contributed by atoms with E-state index in [1.54, 1.807) is 0 Å². The summed E-state index contributed by atoms with van der Waals surface area (Å²) in [7, 11) is 0. The number of thiol groups is 1. The Bertz CT molecular complexity index is 503. The molecule has 0 spiro atoms. The Labute approximate surface area is 112 Å². The second-order valence-electron chi connectivity index (χ2n) is 4.44. The van der Waals surface area contributed by atoms with Crippen LogP contribution < -0.4 is 0 Å². The minimum atomic E-state index is -4.52. The van der Waals surface area contributed by atoms with Crippen LogP contribution in [0.15, 0.2) is 18.2 Å². The third-order valence-electron chi connectivity index (χ3n) is 2.93. The van der Waals surface area contributed by atoms with Gasteiger partial charge in [-0.2, -0.15) is 25.8 Å². The van der Waals surface area contributed by atoms with E-state index in [0.717, 1.165) is 12.1 Å². The normalized spacial score (nSPS) is 20.2. The fourth-order valence-corrected chi connectivity index (χ4v) is 2.34. The maximum absolute atomic E-state index is 13.5. The van der Waals surface area contributed by atoms with Crippen molar-refractivity contribution in [2.24, 2.45) is 0 Å². The molecule has 0 radical (unpaired) electrons. The minimum Gasteiger partial charge on any atom is -0.337 e. The van der Waals surface area contributed by atoms with E-state index < -0.39 is 17.6 Å². The lowest BCUT2D eigenvalue weighted by atomic mass is 10.1. The van der Waals surface area contributed by atoms with Crippen molar-refractivity contribution in [2.45, 2.75) is 24.4 Å². The van der Waals surface area contributed by atoms with Gasteiger partial charge in [0.1, 0.15) is 5.82 Å². The van der Waals surface area contributed by atoms with Crippen LogP contribution in [0, 0.1) is 5.82 Å². The van der Waals surface area contributed by atoms with E-state index >= 15 is 0 Å². The van der Waals surface area contributed by atoms with Gasteiger partial charge < -0.3 is 4.90 Å². The van der Waals surface area contributed by atoms with Crippen molar-refractivity contribution < 1.29 is 22.4 Å². The van der Waals surface area contributed by atoms with E-state index in [4.69, 9.17) is 0 Å². The monoisotopic (exact) mass is 293 g/mol. The first kappa shape index (κ1) is 14.2. The van der Waals surface area contributed by atoms with Crippen LogP contribution in [0.25, 0.3) is 0 Å². The lowest BCUT2D eigenvalue weighted by Crippen LogP contribution is -2.25. The summed E-state index contributed by atoms with van der Waals surface area (Å²) >= 11 is 4.13. The molecule has 2 nitrogen and oxygen atoms in total. The molecule has 1 heterocycles. The van der Waals surface area contributed by atoms with Crippen molar-refractivity contribution in [2.75, 3.05) is 6.54 Å². The predicted molar refractivity (Wildman–Crippen MR) is 64.2 cm³/mol. The molecule has 7 heteroatoms.